The van der Waals surface area contributed by atoms with Gasteiger partial charge in [0.1, 0.15) is 11.6 Å². The van der Waals surface area contributed by atoms with Gasteiger partial charge in [-0.1, -0.05) is 24.3 Å². The maximum absolute atomic E-state index is 11.9. The number of hydrogen-bond acceptors (Lipinski definition) is 4. The third-order valence-corrected chi connectivity index (χ3v) is 5.64. The van der Waals surface area contributed by atoms with Gasteiger partial charge in [0, 0.05) is 18.5 Å². The summed E-state index contributed by atoms with van der Waals surface area (Å²) in [5, 5.41) is 1.60. The number of fused-ring (bicyclic) bond motifs is 1. The van der Waals surface area contributed by atoms with E-state index in [1.165, 1.54) is 6.92 Å². The molecule has 3 rings (SSSR count). The van der Waals surface area contributed by atoms with Crippen molar-refractivity contribution in [1.29, 1.82) is 0 Å². The first-order valence-corrected chi connectivity index (χ1v) is 9.80. The second-order valence-corrected chi connectivity index (χ2v) is 8.33. The van der Waals surface area contributed by atoms with E-state index in [0.717, 1.165) is 28.5 Å². The van der Waals surface area contributed by atoms with Gasteiger partial charge in [-0.3, -0.25) is 9.36 Å². The van der Waals surface area contributed by atoms with Gasteiger partial charge in [0.25, 0.3) is 0 Å². The Hall–Kier alpha value is -2.67. The molecule has 1 atom stereocenters. The molecule has 25 heavy (non-hydrogen) atoms. The lowest BCUT2D eigenvalue weighted by Gasteiger charge is -2.11. The van der Waals surface area contributed by atoms with E-state index in [1.54, 1.807) is 6.33 Å². The molecule has 1 heterocycles. The first-order chi connectivity index (χ1) is 11.9. The number of imidazole rings is 1. The lowest BCUT2D eigenvalue weighted by Crippen LogP contribution is -2.36. The summed E-state index contributed by atoms with van der Waals surface area (Å²) in [6, 6.07) is 15.5. The molecule has 0 aliphatic carbocycles. The van der Waals surface area contributed by atoms with Crippen molar-refractivity contribution in [3.8, 4) is 5.69 Å². The number of carbonyl (C=O) groups is 1. The summed E-state index contributed by atoms with van der Waals surface area (Å²) >= 11 is 0. The highest BCUT2D eigenvalue weighted by Gasteiger charge is 2.22. The Morgan fingerprint density at radius 1 is 1.16 bits per heavy atom. The zero-order valence-corrected chi connectivity index (χ0v) is 14.8. The highest BCUT2D eigenvalue weighted by molar-refractivity contribution is 7.92. The third kappa shape index (κ3) is 3.71. The van der Waals surface area contributed by atoms with Crippen molar-refractivity contribution in [2.75, 3.05) is 6.26 Å². The predicted octanol–water partition coefficient (Wildman–Crippen LogP) is 2.07. The molecule has 130 valence electrons. The van der Waals surface area contributed by atoms with E-state index in [9.17, 15) is 13.2 Å². The molecule has 0 bridgehead atoms. The zero-order valence-electron chi connectivity index (χ0n) is 14.0. The van der Waals surface area contributed by atoms with Crippen LogP contribution in [0.15, 0.2) is 54.9 Å². The molecule has 0 unspecified atom stereocenters. The normalized spacial score (nSPS) is 12.9. The van der Waals surface area contributed by atoms with E-state index >= 15 is 0 Å². The minimum Gasteiger partial charge on any atom is -0.351 e. The first kappa shape index (κ1) is 17.2. The maximum Gasteiger partial charge on any atom is 0.238 e. The molecule has 0 aliphatic heterocycles. The Balaban J connectivity index is 1.72. The van der Waals surface area contributed by atoms with Crippen LogP contribution in [0.4, 0.5) is 0 Å². The Bertz CT molecular complexity index is 1010. The minimum atomic E-state index is -3.39. The molecular formula is C18H19N3O3S. The van der Waals surface area contributed by atoms with Crippen LogP contribution in [0.1, 0.15) is 12.5 Å². The van der Waals surface area contributed by atoms with Crippen LogP contribution in [0.5, 0.6) is 0 Å². The van der Waals surface area contributed by atoms with Crippen molar-refractivity contribution in [3.05, 3.63) is 60.4 Å². The van der Waals surface area contributed by atoms with Crippen molar-refractivity contribution in [2.24, 2.45) is 0 Å². The summed E-state index contributed by atoms with van der Waals surface area (Å²) in [4.78, 5) is 16.2. The summed E-state index contributed by atoms with van der Waals surface area (Å²) in [6.07, 6.45) is 2.83. The molecule has 2 aromatic carbocycles. The number of aromatic nitrogens is 2. The van der Waals surface area contributed by atoms with Gasteiger partial charge in [0.15, 0.2) is 9.84 Å². The molecule has 0 saturated carbocycles. The summed E-state index contributed by atoms with van der Waals surface area (Å²) in [5.41, 5.74) is 3.80. The van der Waals surface area contributed by atoms with Crippen molar-refractivity contribution < 1.29 is 13.2 Å². The molecule has 6 nitrogen and oxygen atoms in total. The standard InChI is InChI=1S/C18H19N3O3S/c1-13(25(2,23)24)18(22)19-11-14-7-9-15(10-8-14)21-12-20-16-5-3-4-6-17(16)21/h3-10,12-13H,11H2,1-2H3,(H,19,22)/t13-/m1/s1. The van der Waals surface area contributed by atoms with Crippen LogP contribution in [-0.4, -0.2) is 35.4 Å². The zero-order chi connectivity index (χ0) is 18.0. The van der Waals surface area contributed by atoms with Crippen LogP contribution in [-0.2, 0) is 21.2 Å². The van der Waals surface area contributed by atoms with Crippen LogP contribution in [0.25, 0.3) is 16.7 Å². The van der Waals surface area contributed by atoms with Crippen LogP contribution >= 0.6 is 0 Å². The van der Waals surface area contributed by atoms with Crippen LogP contribution in [0, 0.1) is 0 Å². The van der Waals surface area contributed by atoms with Gasteiger partial charge in [-0.15, -0.1) is 0 Å². The Morgan fingerprint density at radius 2 is 1.84 bits per heavy atom. The summed E-state index contributed by atoms with van der Waals surface area (Å²) in [7, 11) is -3.39. The van der Waals surface area contributed by atoms with Gasteiger partial charge >= 0.3 is 0 Å². The van der Waals surface area contributed by atoms with Crippen LogP contribution in [0.3, 0.4) is 0 Å². The number of para-hydroxylation sites is 2. The first-order valence-electron chi connectivity index (χ1n) is 7.84. The smallest absolute Gasteiger partial charge is 0.238 e. The molecule has 1 aromatic heterocycles. The molecule has 0 radical (unpaired) electrons. The molecule has 1 amide bonds. The average molecular weight is 357 g/mol. The highest BCUT2D eigenvalue weighted by Crippen LogP contribution is 2.18. The number of sulfone groups is 1. The van der Waals surface area contributed by atoms with Gasteiger partial charge in [0.2, 0.25) is 5.91 Å². The molecule has 0 fully saturated rings. The fourth-order valence-electron chi connectivity index (χ4n) is 2.47. The fourth-order valence-corrected chi connectivity index (χ4v) is 2.94. The highest BCUT2D eigenvalue weighted by atomic mass is 32.2. The topological polar surface area (TPSA) is 81.1 Å². The predicted molar refractivity (Wildman–Crippen MR) is 97.2 cm³/mol. The van der Waals surface area contributed by atoms with E-state index in [0.29, 0.717) is 0 Å². The summed E-state index contributed by atoms with van der Waals surface area (Å²) < 4.78 is 24.8. The van der Waals surface area contributed by atoms with E-state index in [-0.39, 0.29) is 6.54 Å². The van der Waals surface area contributed by atoms with Gasteiger partial charge in [-0.05, 0) is 36.8 Å². The fraction of sp³-hybridized carbons (Fsp3) is 0.222. The number of hydrogen-bond donors (Lipinski definition) is 1. The lowest BCUT2D eigenvalue weighted by molar-refractivity contribution is -0.120. The third-order valence-electron chi connectivity index (χ3n) is 4.15. The van der Waals surface area contributed by atoms with Gasteiger partial charge < -0.3 is 5.32 Å². The van der Waals surface area contributed by atoms with Gasteiger partial charge in [-0.2, -0.15) is 0 Å². The van der Waals surface area contributed by atoms with Crippen molar-refractivity contribution in [1.82, 2.24) is 14.9 Å². The monoisotopic (exact) mass is 357 g/mol. The van der Waals surface area contributed by atoms with Crippen molar-refractivity contribution in [2.45, 2.75) is 18.7 Å². The number of amides is 1. The average Bonchev–Trinajstić information content (AvgIpc) is 3.03. The molecular weight excluding hydrogens is 338 g/mol. The van der Waals surface area contributed by atoms with Gasteiger partial charge in [0.05, 0.1) is 11.0 Å². The maximum atomic E-state index is 11.9. The number of benzene rings is 2. The lowest BCUT2D eigenvalue weighted by atomic mass is 10.2. The molecule has 0 saturated heterocycles. The largest absolute Gasteiger partial charge is 0.351 e. The second kappa shape index (κ2) is 6.68. The molecule has 7 heteroatoms. The molecule has 0 spiro atoms. The van der Waals surface area contributed by atoms with Crippen molar-refractivity contribution in [3.63, 3.8) is 0 Å². The number of nitrogens with zero attached hydrogens (tertiary/aromatic N) is 2. The number of nitrogens with one attached hydrogen (secondary N) is 1. The van der Waals surface area contributed by atoms with Crippen molar-refractivity contribution >= 4 is 26.8 Å². The summed E-state index contributed by atoms with van der Waals surface area (Å²) in [5.74, 6) is -0.493. The molecule has 1 N–H and O–H groups in total. The van der Waals surface area contributed by atoms with E-state index < -0.39 is 21.0 Å². The van der Waals surface area contributed by atoms with E-state index in [4.69, 9.17) is 0 Å². The molecule has 0 aliphatic rings. The number of carbonyl (C=O) groups excluding carboxylic acids is 1. The Kier molecular flexibility index (Phi) is 4.59. The van der Waals surface area contributed by atoms with Gasteiger partial charge in [-0.25, -0.2) is 13.4 Å². The van der Waals surface area contributed by atoms with E-state index in [1.807, 2.05) is 53.1 Å². The molecule has 3 aromatic rings. The number of rotatable bonds is 5. The second-order valence-electron chi connectivity index (χ2n) is 5.96. The minimum absolute atomic E-state index is 0.281. The Morgan fingerprint density at radius 3 is 2.52 bits per heavy atom. The summed E-state index contributed by atoms with van der Waals surface area (Å²) in [6.45, 7) is 1.67. The SMILES string of the molecule is C[C@H](C(=O)NCc1ccc(-n2cnc3ccccc32)cc1)S(C)(=O)=O. The Labute approximate surface area is 146 Å². The van der Waals surface area contributed by atoms with E-state index in [2.05, 4.69) is 10.3 Å². The quantitative estimate of drug-likeness (QED) is 0.758. The van der Waals surface area contributed by atoms with Crippen LogP contribution in [0.2, 0.25) is 0 Å². The van der Waals surface area contributed by atoms with Crippen LogP contribution < -0.4 is 5.32 Å².